The lowest BCUT2D eigenvalue weighted by Gasteiger charge is -2.05. The summed E-state index contributed by atoms with van der Waals surface area (Å²) in [6.45, 7) is 5.88. The van der Waals surface area contributed by atoms with Gasteiger partial charge in [-0.2, -0.15) is 0 Å². The fourth-order valence-electron chi connectivity index (χ4n) is 2.33. The molecule has 0 saturated heterocycles. The van der Waals surface area contributed by atoms with Gasteiger partial charge in [0.1, 0.15) is 0 Å². The van der Waals surface area contributed by atoms with Crippen molar-refractivity contribution >= 4 is 0 Å². The second kappa shape index (κ2) is 19.9. The van der Waals surface area contributed by atoms with E-state index >= 15 is 0 Å². The first-order valence-electron chi connectivity index (χ1n) is 9.06. The Kier molecular flexibility index (Phi) is 19.8. The van der Waals surface area contributed by atoms with E-state index in [1.807, 2.05) is 0 Å². The highest BCUT2D eigenvalue weighted by Crippen LogP contribution is 2.11. The quantitative estimate of drug-likeness (QED) is 0.334. The number of methoxy groups -OCH3 is 1. The largest absolute Gasteiger partial charge is 0.382 e. The molecule has 0 amide bonds. The van der Waals surface area contributed by atoms with E-state index in [0.717, 1.165) is 6.61 Å². The van der Waals surface area contributed by atoms with Gasteiger partial charge in [0, 0.05) is 13.7 Å². The molecule has 0 heterocycles. The molecule has 0 unspecified atom stereocenters. The molecule has 0 aromatic carbocycles. The van der Waals surface area contributed by atoms with E-state index in [1.54, 1.807) is 7.11 Å². The third-order valence-corrected chi connectivity index (χ3v) is 3.70. The summed E-state index contributed by atoms with van der Waals surface area (Å²) in [5.74, 6) is 0. The molecule has 3 heteroatoms. The first-order chi connectivity index (χ1) is 10.4. The van der Waals surface area contributed by atoms with E-state index in [2.05, 4.69) is 6.92 Å². The van der Waals surface area contributed by atoms with Crippen LogP contribution in [0.4, 0.5) is 0 Å². The Balaban J connectivity index is 2.90. The van der Waals surface area contributed by atoms with Crippen molar-refractivity contribution in [3.8, 4) is 0 Å². The zero-order valence-electron chi connectivity index (χ0n) is 14.5. The van der Waals surface area contributed by atoms with Gasteiger partial charge in [-0.1, -0.05) is 71.1 Å². The topological polar surface area (TPSA) is 27.7 Å². The molecule has 0 fully saturated rings. The van der Waals surface area contributed by atoms with Crippen LogP contribution in [0, 0.1) is 0 Å². The second-order valence-electron chi connectivity index (χ2n) is 5.75. The maximum atomic E-state index is 5.53. The van der Waals surface area contributed by atoms with Gasteiger partial charge in [-0.3, -0.25) is 0 Å². The van der Waals surface area contributed by atoms with Gasteiger partial charge in [-0.25, -0.2) is 0 Å². The first-order valence-corrected chi connectivity index (χ1v) is 9.06. The molecule has 0 aliphatic heterocycles. The van der Waals surface area contributed by atoms with E-state index in [4.69, 9.17) is 14.2 Å². The van der Waals surface area contributed by atoms with Crippen molar-refractivity contribution in [3.63, 3.8) is 0 Å². The van der Waals surface area contributed by atoms with Crippen LogP contribution in [-0.2, 0) is 14.2 Å². The second-order valence-corrected chi connectivity index (χ2v) is 5.75. The van der Waals surface area contributed by atoms with Crippen LogP contribution in [0.15, 0.2) is 0 Å². The van der Waals surface area contributed by atoms with Crippen LogP contribution in [0.3, 0.4) is 0 Å². The van der Waals surface area contributed by atoms with E-state index < -0.39 is 0 Å². The molecule has 0 bridgehead atoms. The molecule has 0 aliphatic carbocycles. The van der Waals surface area contributed by atoms with E-state index in [9.17, 15) is 0 Å². The monoisotopic (exact) mass is 302 g/mol. The van der Waals surface area contributed by atoms with Gasteiger partial charge in [-0.15, -0.1) is 0 Å². The van der Waals surface area contributed by atoms with Gasteiger partial charge in [0.2, 0.25) is 0 Å². The molecule has 0 spiro atoms. The summed E-state index contributed by atoms with van der Waals surface area (Å²) in [6.07, 6.45) is 15.2. The molecule has 128 valence electrons. The highest BCUT2D eigenvalue weighted by molar-refractivity contribution is 4.48. The van der Waals surface area contributed by atoms with Crippen molar-refractivity contribution < 1.29 is 14.2 Å². The maximum absolute atomic E-state index is 5.53. The highest BCUT2D eigenvalue weighted by atomic mass is 16.5. The summed E-state index contributed by atoms with van der Waals surface area (Å²) in [6, 6.07) is 0. The van der Waals surface area contributed by atoms with Gasteiger partial charge >= 0.3 is 0 Å². The Bertz CT molecular complexity index is 156. The highest BCUT2D eigenvalue weighted by Gasteiger charge is 1.94. The Morgan fingerprint density at radius 1 is 0.476 bits per heavy atom. The van der Waals surface area contributed by atoms with Crippen molar-refractivity contribution in [2.45, 2.75) is 77.6 Å². The lowest BCUT2D eigenvalue weighted by Crippen LogP contribution is -2.08. The third-order valence-electron chi connectivity index (χ3n) is 3.70. The molecule has 3 nitrogen and oxygen atoms in total. The van der Waals surface area contributed by atoms with E-state index in [0.29, 0.717) is 26.4 Å². The molecular weight excluding hydrogens is 264 g/mol. The summed E-state index contributed by atoms with van der Waals surface area (Å²) in [5.41, 5.74) is 0. The van der Waals surface area contributed by atoms with Gasteiger partial charge < -0.3 is 14.2 Å². The molecule has 0 saturated carbocycles. The number of ether oxygens (including phenoxy) is 3. The molecule has 0 aromatic rings. The zero-order chi connectivity index (χ0) is 15.4. The molecule has 0 rings (SSSR count). The standard InChI is InChI=1S/C18H38O3/c1-3-4-5-6-7-8-9-10-11-12-13-14-20-17-18-21-16-15-19-2/h3-18H2,1-2H3. The van der Waals surface area contributed by atoms with Gasteiger partial charge in [0.25, 0.3) is 0 Å². The summed E-state index contributed by atoms with van der Waals surface area (Å²) in [4.78, 5) is 0. The Morgan fingerprint density at radius 3 is 1.43 bits per heavy atom. The van der Waals surface area contributed by atoms with Crippen molar-refractivity contribution in [2.75, 3.05) is 40.1 Å². The van der Waals surface area contributed by atoms with Crippen LogP contribution in [0.25, 0.3) is 0 Å². The van der Waals surface area contributed by atoms with Crippen LogP contribution in [0.2, 0.25) is 0 Å². The maximum Gasteiger partial charge on any atom is 0.0701 e. The van der Waals surface area contributed by atoms with Gasteiger partial charge in [0.15, 0.2) is 0 Å². The Labute approximate surface area is 132 Å². The van der Waals surface area contributed by atoms with Crippen molar-refractivity contribution in [1.29, 1.82) is 0 Å². The number of unbranched alkanes of at least 4 members (excludes halogenated alkanes) is 10. The number of hydrogen-bond acceptors (Lipinski definition) is 3. The van der Waals surface area contributed by atoms with Crippen molar-refractivity contribution in [2.24, 2.45) is 0 Å². The predicted molar refractivity (Wildman–Crippen MR) is 90.0 cm³/mol. The minimum Gasteiger partial charge on any atom is -0.382 e. The molecule has 0 aromatic heterocycles. The molecule has 0 atom stereocenters. The molecule has 0 N–H and O–H groups in total. The van der Waals surface area contributed by atoms with E-state index in [-0.39, 0.29) is 0 Å². The third kappa shape index (κ3) is 19.9. The van der Waals surface area contributed by atoms with Gasteiger partial charge in [0.05, 0.1) is 26.4 Å². The average Bonchev–Trinajstić information content (AvgIpc) is 2.50. The van der Waals surface area contributed by atoms with Crippen LogP contribution in [-0.4, -0.2) is 40.1 Å². The molecular formula is C18H38O3. The van der Waals surface area contributed by atoms with Crippen LogP contribution < -0.4 is 0 Å². The van der Waals surface area contributed by atoms with Crippen LogP contribution >= 0.6 is 0 Å². The first kappa shape index (κ1) is 20.9. The molecule has 0 aliphatic rings. The summed E-state index contributed by atoms with van der Waals surface area (Å²) >= 11 is 0. The fraction of sp³-hybridized carbons (Fsp3) is 1.00. The number of hydrogen-bond donors (Lipinski definition) is 0. The van der Waals surface area contributed by atoms with E-state index in [1.165, 1.54) is 70.6 Å². The summed E-state index contributed by atoms with van der Waals surface area (Å²) in [5, 5.41) is 0. The van der Waals surface area contributed by atoms with Crippen molar-refractivity contribution in [1.82, 2.24) is 0 Å². The lowest BCUT2D eigenvalue weighted by molar-refractivity contribution is 0.0239. The fourth-order valence-corrected chi connectivity index (χ4v) is 2.33. The molecule has 21 heavy (non-hydrogen) atoms. The predicted octanol–water partition coefficient (Wildman–Crippen LogP) is 4.98. The van der Waals surface area contributed by atoms with Crippen LogP contribution in [0.1, 0.15) is 77.6 Å². The summed E-state index contributed by atoms with van der Waals surface area (Å²) in [7, 11) is 1.69. The summed E-state index contributed by atoms with van der Waals surface area (Å²) < 4.78 is 15.8. The Morgan fingerprint density at radius 2 is 0.905 bits per heavy atom. The zero-order valence-corrected chi connectivity index (χ0v) is 14.5. The smallest absolute Gasteiger partial charge is 0.0701 e. The normalized spacial score (nSPS) is 11.1. The Hall–Kier alpha value is -0.120. The lowest BCUT2D eigenvalue weighted by atomic mass is 10.1. The average molecular weight is 302 g/mol. The van der Waals surface area contributed by atoms with Gasteiger partial charge in [-0.05, 0) is 6.42 Å². The van der Waals surface area contributed by atoms with Crippen molar-refractivity contribution in [3.05, 3.63) is 0 Å². The SMILES string of the molecule is CCCCCCCCCCCCCOCCOCCOC. The minimum absolute atomic E-state index is 0.665. The minimum atomic E-state index is 0.665. The molecule has 0 radical (unpaired) electrons. The van der Waals surface area contributed by atoms with Crippen LogP contribution in [0.5, 0.6) is 0 Å². The number of rotatable bonds is 18.